The Hall–Kier alpha value is -2.99. The van der Waals surface area contributed by atoms with Gasteiger partial charge in [-0.1, -0.05) is 5.11 Å². The van der Waals surface area contributed by atoms with Crippen molar-refractivity contribution < 1.29 is 42.9 Å². The summed E-state index contributed by atoms with van der Waals surface area (Å²) in [5.41, 5.74) is 7.29. The molecular formula is C16H22N4O9S. The molecule has 1 heterocycles. The number of hydrogen-bond donors (Lipinski definition) is 1. The number of amides is 1. The predicted molar refractivity (Wildman–Crippen MR) is 101 cm³/mol. The Morgan fingerprint density at radius 1 is 0.933 bits per heavy atom. The first-order chi connectivity index (χ1) is 14.0. The summed E-state index contributed by atoms with van der Waals surface area (Å²) in [6, 6.07) is -1.15. The summed E-state index contributed by atoms with van der Waals surface area (Å²) < 4.78 is 20.8. The summed E-state index contributed by atoms with van der Waals surface area (Å²) in [6.45, 7) is 3.75. The zero-order valence-corrected chi connectivity index (χ0v) is 17.5. The standard InChI is InChI=1S/C16H22N4O9S/c1-7(21)26-6-11-14(27-8(2)22)15(28-9(3)23)13(16(30-11)29-10(4)24)19-12(25)5-18-20-17/h11,13-16H,5-6H2,1-4H3,(H,19,25)/t11?,13?,14-,15-,16+/m1/s1. The molecule has 5 atom stereocenters. The van der Waals surface area contributed by atoms with Crippen LogP contribution in [0.25, 0.3) is 10.4 Å². The molecule has 1 fully saturated rings. The molecule has 1 amide bonds. The van der Waals surface area contributed by atoms with E-state index in [-0.39, 0.29) is 6.61 Å². The number of hydrogen-bond acceptors (Lipinski definition) is 11. The molecule has 14 heteroatoms. The number of carbonyl (C=O) groups excluding carboxylic acids is 5. The maximum absolute atomic E-state index is 12.1. The van der Waals surface area contributed by atoms with Crippen LogP contribution in [0, 0.1) is 0 Å². The average molecular weight is 446 g/mol. The van der Waals surface area contributed by atoms with Gasteiger partial charge in [-0.25, -0.2) is 0 Å². The normalized spacial score (nSPS) is 25.1. The second kappa shape index (κ2) is 11.9. The first kappa shape index (κ1) is 25.0. The van der Waals surface area contributed by atoms with Crippen molar-refractivity contribution in [3.05, 3.63) is 10.4 Å². The second-order valence-corrected chi connectivity index (χ2v) is 7.43. The number of esters is 4. The predicted octanol–water partition coefficient (Wildman–Crippen LogP) is 0.213. The number of nitrogens with one attached hydrogen (secondary N) is 1. The number of carbonyl (C=O) groups is 5. The maximum atomic E-state index is 12.1. The Morgan fingerprint density at radius 3 is 2.00 bits per heavy atom. The monoisotopic (exact) mass is 446 g/mol. The van der Waals surface area contributed by atoms with Crippen LogP contribution in [0.5, 0.6) is 0 Å². The zero-order valence-electron chi connectivity index (χ0n) is 16.7. The summed E-state index contributed by atoms with van der Waals surface area (Å²) >= 11 is 0.950. The summed E-state index contributed by atoms with van der Waals surface area (Å²) in [5, 5.41) is 4.84. The molecule has 1 aliphatic heterocycles. The van der Waals surface area contributed by atoms with E-state index in [2.05, 4.69) is 15.3 Å². The van der Waals surface area contributed by atoms with Crippen LogP contribution in [-0.2, 0) is 42.9 Å². The largest absolute Gasteiger partial charge is 0.465 e. The molecular weight excluding hydrogens is 424 g/mol. The third kappa shape index (κ3) is 8.17. The molecule has 0 aromatic heterocycles. The average Bonchev–Trinajstić information content (AvgIpc) is 2.62. The minimum Gasteiger partial charge on any atom is -0.465 e. The van der Waals surface area contributed by atoms with E-state index in [0.29, 0.717) is 0 Å². The van der Waals surface area contributed by atoms with Gasteiger partial charge in [0.15, 0.2) is 17.6 Å². The minimum atomic E-state index is -1.28. The lowest BCUT2D eigenvalue weighted by atomic mass is 10.0. The number of nitrogens with zero attached hydrogens (tertiary/aromatic N) is 3. The number of ether oxygens (including phenoxy) is 4. The topological polar surface area (TPSA) is 183 Å². The Morgan fingerprint density at radius 2 is 1.50 bits per heavy atom. The minimum absolute atomic E-state index is 0.243. The molecule has 166 valence electrons. The molecule has 0 bridgehead atoms. The summed E-state index contributed by atoms with van der Waals surface area (Å²) in [7, 11) is 0. The number of rotatable bonds is 8. The van der Waals surface area contributed by atoms with Crippen molar-refractivity contribution in [1.29, 1.82) is 0 Å². The molecule has 1 saturated heterocycles. The van der Waals surface area contributed by atoms with Crippen molar-refractivity contribution in [2.24, 2.45) is 5.11 Å². The Kier molecular flexibility index (Phi) is 9.92. The molecule has 30 heavy (non-hydrogen) atoms. The van der Waals surface area contributed by atoms with E-state index in [4.69, 9.17) is 24.5 Å². The van der Waals surface area contributed by atoms with Crippen molar-refractivity contribution in [2.75, 3.05) is 13.2 Å². The van der Waals surface area contributed by atoms with Gasteiger partial charge in [0.2, 0.25) is 5.91 Å². The maximum Gasteiger partial charge on any atom is 0.303 e. The van der Waals surface area contributed by atoms with E-state index >= 15 is 0 Å². The van der Waals surface area contributed by atoms with Crippen LogP contribution in [0.1, 0.15) is 27.7 Å². The van der Waals surface area contributed by atoms with Crippen molar-refractivity contribution >= 4 is 41.5 Å². The third-order valence-corrected chi connectivity index (χ3v) is 5.00. The van der Waals surface area contributed by atoms with Crippen LogP contribution in [0.2, 0.25) is 0 Å². The highest BCUT2D eigenvalue weighted by Gasteiger charge is 2.51. The lowest BCUT2D eigenvalue weighted by Crippen LogP contribution is -2.63. The smallest absolute Gasteiger partial charge is 0.303 e. The van der Waals surface area contributed by atoms with Crippen LogP contribution in [0.3, 0.4) is 0 Å². The van der Waals surface area contributed by atoms with Crippen LogP contribution in [-0.4, -0.2) is 71.9 Å². The molecule has 2 unspecified atom stereocenters. The Balaban J connectivity index is 3.33. The fourth-order valence-corrected chi connectivity index (χ4v) is 4.09. The van der Waals surface area contributed by atoms with Crippen molar-refractivity contribution in [3.63, 3.8) is 0 Å². The molecule has 0 aromatic rings. The third-order valence-electron chi connectivity index (χ3n) is 3.59. The molecule has 1 rings (SSSR count). The van der Waals surface area contributed by atoms with Gasteiger partial charge in [-0.3, -0.25) is 24.0 Å². The van der Waals surface area contributed by atoms with Gasteiger partial charge in [-0.05, 0) is 5.53 Å². The van der Waals surface area contributed by atoms with Crippen LogP contribution >= 0.6 is 11.8 Å². The van der Waals surface area contributed by atoms with Crippen LogP contribution in [0.15, 0.2) is 5.11 Å². The molecule has 1 aliphatic rings. The van der Waals surface area contributed by atoms with Crippen molar-refractivity contribution in [1.82, 2.24) is 5.32 Å². The first-order valence-electron chi connectivity index (χ1n) is 8.65. The fraction of sp³-hybridized carbons (Fsp3) is 0.688. The molecule has 0 aromatic carbocycles. The molecule has 0 aliphatic carbocycles. The zero-order chi connectivity index (χ0) is 22.8. The molecule has 0 spiro atoms. The van der Waals surface area contributed by atoms with Crippen LogP contribution < -0.4 is 5.32 Å². The highest BCUT2D eigenvalue weighted by atomic mass is 32.2. The van der Waals surface area contributed by atoms with E-state index in [1.54, 1.807) is 0 Å². The second-order valence-electron chi connectivity index (χ2n) is 6.09. The lowest BCUT2D eigenvalue weighted by molar-refractivity contribution is -0.175. The summed E-state index contributed by atoms with van der Waals surface area (Å²) in [4.78, 5) is 60.8. The SMILES string of the molecule is CC(=O)OCC1S[C@H](OC(C)=O)C(NC(=O)CN=[N+]=[N-])[C@@H](OC(C)=O)[C@@H]1OC(C)=O. The summed E-state index contributed by atoms with van der Waals surface area (Å²) in [6.07, 6.45) is -2.43. The molecule has 1 N–H and O–H groups in total. The van der Waals surface area contributed by atoms with Gasteiger partial charge in [0.25, 0.3) is 0 Å². The van der Waals surface area contributed by atoms with Crippen LogP contribution in [0.4, 0.5) is 0 Å². The van der Waals surface area contributed by atoms with Crippen molar-refractivity contribution in [3.8, 4) is 0 Å². The quantitative estimate of drug-likeness (QED) is 0.178. The van der Waals surface area contributed by atoms with Gasteiger partial charge in [-0.2, -0.15) is 0 Å². The van der Waals surface area contributed by atoms with E-state index < -0.39 is 65.3 Å². The lowest BCUT2D eigenvalue weighted by Gasteiger charge is -2.44. The van der Waals surface area contributed by atoms with Gasteiger partial charge >= 0.3 is 23.9 Å². The number of azide groups is 1. The van der Waals surface area contributed by atoms with Gasteiger partial charge in [0.1, 0.15) is 19.2 Å². The Labute approximate surface area is 175 Å². The van der Waals surface area contributed by atoms with Gasteiger partial charge in [0, 0.05) is 32.6 Å². The van der Waals surface area contributed by atoms with Gasteiger partial charge in [0.05, 0.1) is 5.25 Å². The van der Waals surface area contributed by atoms with Gasteiger partial charge in [-0.15, -0.1) is 11.8 Å². The van der Waals surface area contributed by atoms with Gasteiger partial charge < -0.3 is 24.3 Å². The highest BCUT2D eigenvalue weighted by Crippen LogP contribution is 2.37. The molecule has 0 saturated carbocycles. The van der Waals surface area contributed by atoms with E-state index in [1.807, 2.05) is 0 Å². The molecule has 13 nitrogen and oxygen atoms in total. The summed E-state index contributed by atoms with van der Waals surface area (Å²) in [5.74, 6) is -3.51. The van der Waals surface area contributed by atoms with Crippen molar-refractivity contribution in [2.45, 2.75) is 56.6 Å². The van der Waals surface area contributed by atoms with E-state index in [1.165, 1.54) is 6.92 Å². The van der Waals surface area contributed by atoms with E-state index in [9.17, 15) is 24.0 Å². The molecule has 0 radical (unpaired) electrons. The first-order valence-corrected chi connectivity index (χ1v) is 9.60. The highest BCUT2D eigenvalue weighted by molar-refractivity contribution is 8.00. The Bertz CT molecular complexity index is 740. The number of thioether (sulfide) groups is 1. The fourth-order valence-electron chi connectivity index (χ4n) is 2.65. The van der Waals surface area contributed by atoms with E-state index in [0.717, 1.165) is 32.5 Å².